The van der Waals surface area contributed by atoms with Gasteiger partial charge in [0.25, 0.3) is 5.56 Å². The van der Waals surface area contributed by atoms with Crippen molar-refractivity contribution in [1.29, 1.82) is 0 Å². The Kier molecular flexibility index (Phi) is 8.30. The van der Waals surface area contributed by atoms with Crippen molar-refractivity contribution in [3.8, 4) is 0 Å². The molecular weight excluding hydrogens is 400 g/mol. The van der Waals surface area contributed by atoms with Gasteiger partial charge in [-0.3, -0.25) is 9.69 Å². The molecule has 0 spiro atoms. The first-order chi connectivity index (χ1) is 15.3. The van der Waals surface area contributed by atoms with E-state index in [1.807, 2.05) is 23.6 Å². The highest BCUT2D eigenvalue weighted by Crippen LogP contribution is 2.26. The fourth-order valence-electron chi connectivity index (χ4n) is 4.97. The van der Waals surface area contributed by atoms with Crippen LogP contribution >= 0.6 is 0 Å². The van der Waals surface area contributed by atoms with Gasteiger partial charge in [-0.1, -0.05) is 39.8 Å². The van der Waals surface area contributed by atoms with Gasteiger partial charge in [-0.05, 0) is 80.3 Å². The van der Waals surface area contributed by atoms with Crippen LogP contribution < -0.4 is 5.56 Å². The van der Waals surface area contributed by atoms with Gasteiger partial charge in [0.15, 0.2) is 0 Å². The van der Waals surface area contributed by atoms with Crippen molar-refractivity contribution in [3.05, 3.63) is 68.6 Å². The average Bonchev–Trinajstić information content (AvgIpc) is 3.19. The Bertz CT molecular complexity index is 976. The fraction of sp³-hybridized carbons (Fsp3) is 0.556. The minimum Gasteiger partial charge on any atom is -0.478 e. The third kappa shape index (κ3) is 5.69. The van der Waals surface area contributed by atoms with Crippen molar-refractivity contribution < 1.29 is 9.90 Å². The lowest BCUT2D eigenvalue weighted by atomic mass is 10.0. The number of carboxylic acids is 1. The number of benzene rings is 1. The summed E-state index contributed by atoms with van der Waals surface area (Å²) in [6.07, 6.45) is 6.03. The summed E-state index contributed by atoms with van der Waals surface area (Å²) in [5, 5.41) is 9.13. The Morgan fingerprint density at radius 3 is 2.41 bits per heavy atom. The molecule has 2 heterocycles. The molecule has 1 saturated heterocycles. The van der Waals surface area contributed by atoms with Crippen molar-refractivity contribution in [3.63, 3.8) is 0 Å². The van der Waals surface area contributed by atoms with E-state index in [9.17, 15) is 9.59 Å². The molecule has 0 amide bonds. The molecule has 1 aliphatic heterocycles. The smallest absolute Gasteiger partial charge is 0.335 e. The van der Waals surface area contributed by atoms with Crippen LogP contribution in [0.5, 0.6) is 0 Å². The lowest BCUT2D eigenvalue weighted by Gasteiger charge is -2.28. The number of likely N-dealkylation sites (tertiary alicyclic amines) is 1. The number of rotatable bonds is 10. The number of carboxylic acid groups (broad SMARTS) is 1. The van der Waals surface area contributed by atoms with Crippen LogP contribution in [-0.2, 0) is 32.4 Å². The van der Waals surface area contributed by atoms with Crippen LogP contribution in [0.1, 0.15) is 79.7 Å². The predicted molar refractivity (Wildman–Crippen MR) is 129 cm³/mol. The molecule has 1 aliphatic rings. The van der Waals surface area contributed by atoms with Crippen molar-refractivity contribution in [1.82, 2.24) is 9.47 Å². The largest absolute Gasteiger partial charge is 0.478 e. The van der Waals surface area contributed by atoms with E-state index in [1.165, 1.54) is 24.8 Å². The minimum atomic E-state index is -0.917. The maximum atomic E-state index is 13.4. The molecular formula is C27H38N2O3. The van der Waals surface area contributed by atoms with Crippen molar-refractivity contribution in [2.45, 2.75) is 85.4 Å². The van der Waals surface area contributed by atoms with E-state index in [0.717, 1.165) is 42.8 Å². The summed E-state index contributed by atoms with van der Waals surface area (Å²) in [4.78, 5) is 27.1. The molecule has 0 unspecified atom stereocenters. The minimum absolute atomic E-state index is 0.126. The standard InChI is InChI=1S/C27H38N2O3/c1-5-21-17-22(6-2)26(30)29(15-13-20-9-11-23(12-10-20)27(31)32)25(21)18-28-14-7-8-24(28)16-19(3)4/h9-12,17,19,24H,5-8,13-16,18H2,1-4H3,(H,31,32)/t24-/m1/s1. The molecule has 5 heteroatoms. The molecule has 1 aromatic carbocycles. The zero-order valence-corrected chi connectivity index (χ0v) is 20.1. The van der Waals surface area contributed by atoms with Crippen molar-refractivity contribution in [2.75, 3.05) is 6.54 Å². The third-order valence-electron chi connectivity index (χ3n) is 6.75. The molecule has 5 nitrogen and oxygen atoms in total. The Labute approximate surface area is 192 Å². The summed E-state index contributed by atoms with van der Waals surface area (Å²) in [7, 11) is 0. The summed E-state index contributed by atoms with van der Waals surface area (Å²) >= 11 is 0. The summed E-state index contributed by atoms with van der Waals surface area (Å²) in [5.41, 5.74) is 4.78. The first-order valence-corrected chi connectivity index (χ1v) is 12.1. The summed E-state index contributed by atoms with van der Waals surface area (Å²) in [5.74, 6) is -0.246. The molecule has 3 rings (SSSR count). The third-order valence-corrected chi connectivity index (χ3v) is 6.75. The number of nitrogens with zero attached hydrogens (tertiary/aromatic N) is 2. The Balaban J connectivity index is 1.90. The zero-order valence-electron chi connectivity index (χ0n) is 20.1. The summed E-state index contributed by atoms with van der Waals surface area (Å²) in [6.45, 7) is 11.3. The second-order valence-electron chi connectivity index (χ2n) is 9.45. The van der Waals surface area contributed by atoms with E-state index in [0.29, 0.717) is 24.9 Å². The van der Waals surface area contributed by atoms with Gasteiger partial charge in [-0.2, -0.15) is 0 Å². The van der Waals surface area contributed by atoms with Crippen LogP contribution in [0.15, 0.2) is 35.1 Å². The molecule has 0 saturated carbocycles. The second kappa shape index (κ2) is 11.0. The van der Waals surface area contributed by atoms with E-state index < -0.39 is 5.97 Å². The summed E-state index contributed by atoms with van der Waals surface area (Å²) in [6, 6.07) is 9.72. The van der Waals surface area contributed by atoms with Gasteiger partial charge in [0, 0.05) is 30.4 Å². The van der Waals surface area contributed by atoms with E-state index in [-0.39, 0.29) is 11.1 Å². The monoisotopic (exact) mass is 438 g/mol. The first-order valence-electron chi connectivity index (χ1n) is 12.1. The number of aryl methyl sites for hydroxylation is 3. The van der Waals surface area contributed by atoms with Gasteiger partial charge < -0.3 is 9.67 Å². The lowest BCUT2D eigenvalue weighted by Crippen LogP contribution is -2.35. The molecule has 174 valence electrons. The second-order valence-corrected chi connectivity index (χ2v) is 9.45. The normalized spacial score (nSPS) is 16.7. The molecule has 0 radical (unpaired) electrons. The molecule has 1 fully saturated rings. The maximum Gasteiger partial charge on any atom is 0.335 e. The quantitative estimate of drug-likeness (QED) is 0.572. The fourth-order valence-corrected chi connectivity index (χ4v) is 4.97. The number of aromatic nitrogens is 1. The molecule has 1 aromatic heterocycles. The summed E-state index contributed by atoms with van der Waals surface area (Å²) < 4.78 is 2.01. The topological polar surface area (TPSA) is 62.5 Å². The van der Waals surface area contributed by atoms with Gasteiger partial charge in [0.05, 0.1) is 5.56 Å². The van der Waals surface area contributed by atoms with E-state index in [4.69, 9.17) is 5.11 Å². The number of hydrogen-bond donors (Lipinski definition) is 1. The van der Waals surface area contributed by atoms with Gasteiger partial charge >= 0.3 is 5.97 Å². The Morgan fingerprint density at radius 2 is 1.81 bits per heavy atom. The van der Waals surface area contributed by atoms with Gasteiger partial charge in [0.1, 0.15) is 0 Å². The van der Waals surface area contributed by atoms with Crippen LogP contribution in [0, 0.1) is 5.92 Å². The molecule has 32 heavy (non-hydrogen) atoms. The van der Waals surface area contributed by atoms with Crippen LogP contribution in [-0.4, -0.2) is 33.1 Å². The number of carbonyl (C=O) groups is 1. The highest BCUT2D eigenvalue weighted by atomic mass is 16.4. The molecule has 0 bridgehead atoms. The van der Waals surface area contributed by atoms with Crippen molar-refractivity contribution >= 4 is 5.97 Å². The molecule has 0 aliphatic carbocycles. The SMILES string of the molecule is CCc1cc(CC)c(=O)n(CCc2ccc(C(=O)O)cc2)c1CN1CCC[C@@H]1CC(C)C. The number of pyridine rings is 1. The van der Waals surface area contributed by atoms with E-state index in [1.54, 1.807) is 12.1 Å². The molecule has 2 aromatic rings. The lowest BCUT2D eigenvalue weighted by molar-refractivity contribution is 0.0697. The van der Waals surface area contributed by atoms with Gasteiger partial charge in [0.2, 0.25) is 0 Å². The Hall–Kier alpha value is -2.40. The van der Waals surface area contributed by atoms with Crippen LogP contribution in [0.2, 0.25) is 0 Å². The average molecular weight is 439 g/mol. The highest BCUT2D eigenvalue weighted by Gasteiger charge is 2.27. The molecule has 1 atom stereocenters. The van der Waals surface area contributed by atoms with E-state index in [2.05, 4.69) is 31.7 Å². The zero-order chi connectivity index (χ0) is 23.3. The highest BCUT2D eigenvalue weighted by molar-refractivity contribution is 5.87. The van der Waals surface area contributed by atoms with Crippen LogP contribution in [0.3, 0.4) is 0 Å². The number of hydrogen-bond acceptors (Lipinski definition) is 3. The van der Waals surface area contributed by atoms with E-state index >= 15 is 0 Å². The predicted octanol–water partition coefficient (Wildman–Crippen LogP) is 4.92. The maximum absolute atomic E-state index is 13.4. The molecule has 1 N–H and O–H groups in total. The van der Waals surface area contributed by atoms with Gasteiger partial charge in [-0.15, -0.1) is 0 Å². The Morgan fingerprint density at radius 1 is 1.12 bits per heavy atom. The number of aromatic carboxylic acids is 1. The van der Waals surface area contributed by atoms with Gasteiger partial charge in [-0.25, -0.2) is 4.79 Å². The first kappa shape index (κ1) is 24.2. The van der Waals surface area contributed by atoms with Crippen LogP contribution in [0.25, 0.3) is 0 Å². The van der Waals surface area contributed by atoms with Crippen LogP contribution in [0.4, 0.5) is 0 Å². The van der Waals surface area contributed by atoms with Crippen molar-refractivity contribution in [2.24, 2.45) is 5.92 Å².